The van der Waals surface area contributed by atoms with Crippen LogP contribution in [0, 0.1) is 0 Å². The molecule has 0 spiro atoms. The molecule has 0 aromatic carbocycles. The molecule has 0 bridgehead atoms. The van der Waals surface area contributed by atoms with Crippen molar-refractivity contribution in [3.63, 3.8) is 0 Å². The second kappa shape index (κ2) is 6.08. The molecule has 1 aliphatic rings. The molecular formula is C13H22N4O2. The summed E-state index contributed by atoms with van der Waals surface area (Å²) in [5.41, 5.74) is 6.53. The molecule has 4 N–H and O–H groups in total. The maximum Gasteiger partial charge on any atom is 0.154 e. The van der Waals surface area contributed by atoms with Crippen LogP contribution >= 0.6 is 0 Å². The lowest BCUT2D eigenvalue weighted by Crippen LogP contribution is -2.33. The second-order valence-electron chi connectivity index (χ2n) is 4.90. The number of nitrogens with zero attached hydrogens (tertiary/aromatic N) is 3. The lowest BCUT2D eigenvalue weighted by molar-refractivity contribution is 0.266. The molecule has 1 atom stereocenters. The highest BCUT2D eigenvalue weighted by Crippen LogP contribution is 2.28. The fourth-order valence-electron chi connectivity index (χ4n) is 2.50. The van der Waals surface area contributed by atoms with E-state index in [9.17, 15) is 5.11 Å². The topological polar surface area (TPSA) is 85.8 Å². The van der Waals surface area contributed by atoms with E-state index in [0.29, 0.717) is 18.1 Å². The zero-order chi connectivity index (χ0) is 13.8. The third-order valence-corrected chi connectivity index (χ3v) is 3.57. The number of nitrogens with two attached hydrogens (primary N) is 1. The molecular weight excluding hydrogens is 244 g/mol. The standard InChI is InChI=1S/C13H22N4O2/c1-16(7-8-18)13-11(14)4-5-12(15-13)17-6-2-3-10(17)9-19/h4-5,10,18-19H,2-3,6-9,14H2,1H3. The van der Waals surface area contributed by atoms with E-state index in [1.807, 2.05) is 24.1 Å². The van der Waals surface area contributed by atoms with Gasteiger partial charge in [-0.15, -0.1) is 0 Å². The molecule has 0 saturated carbocycles. The SMILES string of the molecule is CN(CCO)c1nc(N2CCCC2CO)ccc1N. The Labute approximate surface area is 113 Å². The van der Waals surface area contributed by atoms with E-state index in [2.05, 4.69) is 9.88 Å². The van der Waals surface area contributed by atoms with Gasteiger partial charge in [0.25, 0.3) is 0 Å². The monoisotopic (exact) mass is 266 g/mol. The highest BCUT2D eigenvalue weighted by molar-refractivity contribution is 5.66. The normalized spacial score (nSPS) is 18.9. The van der Waals surface area contributed by atoms with Crippen LogP contribution in [0.5, 0.6) is 0 Å². The zero-order valence-electron chi connectivity index (χ0n) is 11.3. The lowest BCUT2D eigenvalue weighted by atomic mass is 10.2. The first-order valence-corrected chi connectivity index (χ1v) is 6.63. The molecule has 0 amide bonds. The first-order valence-electron chi connectivity index (χ1n) is 6.63. The molecule has 6 nitrogen and oxygen atoms in total. The Morgan fingerprint density at radius 1 is 1.47 bits per heavy atom. The molecule has 1 fully saturated rings. The molecule has 0 radical (unpaired) electrons. The van der Waals surface area contributed by atoms with Crippen LogP contribution in [0.3, 0.4) is 0 Å². The smallest absolute Gasteiger partial charge is 0.154 e. The summed E-state index contributed by atoms with van der Waals surface area (Å²) in [6, 6.07) is 3.87. The second-order valence-corrected chi connectivity index (χ2v) is 4.90. The van der Waals surface area contributed by atoms with E-state index in [1.54, 1.807) is 0 Å². The van der Waals surface area contributed by atoms with Crippen molar-refractivity contribution in [1.82, 2.24) is 4.98 Å². The summed E-state index contributed by atoms with van der Waals surface area (Å²) in [5.74, 6) is 1.51. The number of aliphatic hydroxyl groups excluding tert-OH is 2. The van der Waals surface area contributed by atoms with Crippen molar-refractivity contribution < 1.29 is 10.2 Å². The van der Waals surface area contributed by atoms with Gasteiger partial charge in [0, 0.05) is 20.1 Å². The van der Waals surface area contributed by atoms with Gasteiger partial charge in [-0.2, -0.15) is 0 Å². The minimum atomic E-state index is 0.0603. The number of likely N-dealkylation sites (N-methyl/N-ethyl adjacent to an activating group) is 1. The quantitative estimate of drug-likeness (QED) is 0.698. The fraction of sp³-hybridized carbons (Fsp3) is 0.615. The number of hydrogen-bond donors (Lipinski definition) is 3. The molecule has 1 saturated heterocycles. The zero-order valence-corrected chi connectivity index (χ0v) is 11.3. The van der Waals surface area contributed by atoms with Gasteiger partial charge in [-0.05, 0) is 25.0 Å². The van der Waals surface area contributed by atoms with Crippen molar-refractivity contribution in [3.8, 4) is 0 Å². The summed E-state index contributed by atoms with van der Waals surface area (Å²) < 4.78 is 0. The van der Waals surface area contributed by atoms with Gasteiger partial charge in [0.2, 0.25) is 0 Å². The minimum absolute atomic E-state index is 0.0603. The molecule has 19 heavy (non-hydrogen) atoms. The first kappa shape index (κ1) is 13.9. The van der Waals surface area contributed by atoms with E-state index >= 15 is 0 Å². The molecule has 1 aromatic heterocycles. The molecule has 1 aliphatic heterocycles. The fourth-order valence-corrected chi connectivity index (χ4v) is 2.50. The van der Waals surface area contributed by atoms with Gasteiger partial charge in [-0.3, -0.25) is 0 Å². The molecule has 1 aromatic rings. The Hall–Kier alpha value is -1.53. The summed E-state index contributed by atoms with van der Waals surface area (Å²) in [5, 5.41) is 18.4. The van der Waals surface area contributed by atoms with Crippen LogP contribution in [-0.4, -0.2) is 54.6 Å². The molecule has 2 heterocycles. The van der Waals surface area contributed by atoms with Crippen LogP contribution in [0.4, 0.5) is 17.3 Å². The predicted molar refractivity (Wildman–Crippen MR) is 76.5 cm³/mol. The Morgan fingerprint density at radius 3 is 2.95 bits per heavy atom. The first-order chi connectivity index (χ1) is 9.17. The van der Waals surface area contributed by atoms with Gasteiger partial charge >= 0.3 is 0 Å². The van der Waals surface area contributed by atoms with E-state index in [0.717, 1.165) is 25.2 Å². The van der Waals surface area contributed by atoms with Gasteiger partial charge in [-0.25, -0.2) is 4.98 Å². The van der Waals surface area contributed by atoms with Crippen LogP contribution in [0.1, 0.15) is 12.8 Å². The van der Waals surface area contributed by atoms with Crippen LogP contribution in [-0.2, 0) is 0 Å². The summed E-state index contributed by atoms with van der Waals surface area (Å²) in [6.07, 6.45) is 2.06. The Bertz CT molecular complexity index is 427. The van der Waals surface area contributed by atoms with Gasteiger partial charge in [0.15, 0.2) is 5.82 Å². The number of anilines is 3. The molecule has 0 aliphatic carbocycles. The number of hydrogen-bond acceptors (Lipinski definition) is 6. The van der Waals surface area contributed by atoms with Gasteiger partial charge < -0.3 is 25.7 Å². The molecule has 1 unspecified atom stereocenters. The summed E-state index contributed by atoms with van der Waals surface area (Å²) in [7, 11) is 1.85. The van der Waals surface area contributed by atoms with E-state index < -0.39 is 0 Å². The largest absolute Gasteiger partial charge is 0.396 e. The van der Waals surface area contributed by atoms with Crippen molar-refractivity contribution >= 4 is 17.3 Å². The number of aliphatic hydroxyl groups is 2. The summed E-state index contributed by atoms with van der Waals surface area (Å²) >= 11 is 0. The average Bonchev–Trinajstić information content (AvgIpc) is 2.88. The van der Waals surface area contributed by atoms with Gasteiger partial charge in [0.1, 0.15) is 5.82 Å². The van der Waals surface area contributed by atoms with Gasteiger partial charge in [-0.1, -0.05) is 0 Å². The van der Waals surface area contributed by atoms with Crippen molar-refractivity contribution in [2.45, 2.75) is 18.9 Å². The number of pyridine rings is 1. The van der Waals surface area contributed by atoms with E-state index in [4.69, 9.17) is 10.8 Å². The highest BCUT2D eigenvalue weighted by atomic mass is 16.3. The third-order valence-electron chi connectivity index (χ3n) is 3.57. The van der Waals surface area contributed by atoms with Crippen molar-refractivity contribution in [3.05, 3.63) is 12.1 Å². The van der Waals surface area contributed by atoms with Crippen LogP contribution < -0.4 is 15.5 Å². The van der Waals surface area contributed by atoms with Crippen LogP contribution in [0.25, 0.3) is 0 Å². The maximum absolute atomic E-state index is 9.38. The maximum atomic E-state index is 9.38. The lowest BCUT2D eigenvalue weighted by Gasteiger charge is -2.26. The van der Waals surface area contributed by atoms with Gasteiger partial charge in [0.05, 0.1) is 24.9 Å². The summed E-state index contributed by atoms with van der Waals surface area (Å²) in [4.78, 5) is 8.53. The van der Waals surface area contributed by atoms with Crippen molar-refractivity contribution in [2.75, 3.05) is 48.9 Å². The Morgan fingerprint density at radius 2 is 2.26 bits per heavy atom. The molecule has 2 rings (SSSR count). The highest BCUT2D eigenvalue weighted by Gasteiger charge is 2.25. The number of nitrogen functional groups attached to an aromatic ring is 1. The van der Waals surface area contributed by atoms with E-state index in [1.165, 1.54) is 0 Å². The number of aromatic nitrogens is 1. The van der Waals surface area contributed by atoms with E-state index in [-0.39, 0.29) is 19.3 Å². The Kier molecular flexibility index (Phi) is 4.44. The van der Waals surface area contributed by atoms with Crippen LogP contribution in [0.15, 0.2) is 12.1 Å². The molecule has 106 valence electrons. The minimum Gasteiger partial charge on any atom is -0.396 e. The third kappa shape index (κ3) is 2.90. The average molecular weight is 266 g/mol. The number of rotatable bonds is 5. The Balaban J connectivity index is 2.25. The molecule has 6 heteroatoms. The van der Waals surface area contributed by atoms with Crippen molar-refractivity contribution in [2.24, 2.45) is 0 Å². The summed E-state index contributed by atoms with van der Waals surface area (Å²) in [6.45, 7) is 1.61. The van der Waals surface area contributed by atoms with Crippen molar-refractivity contribution in [1.29, 1.82) is 0 Å². The predicted octanol–water partition coefficient (Wildman–Crippen LogP) is 0.0534. The van der Waals surface area contributed by atoms with Crippen LogP contribution in [0.2, 0.25) is 0 Å².